The first-order valence-electron chi connectivity index (χ1n) is 12.0. The fraction of sp³-hybridized carbons (Fsp3) is 0.462. The third-order valence-corrected chi connectivity index (χ3v) is 8.06. The van der Waals surface area contributed by atoms with Crippen molar-refractivity contribution >= 4 is 39.2 Å². The van der Waals surface area contributed by atoms with Crippen LogP contribution in [-0.2, 0) is 14.8 Å². The highest BCUT2D eigenvalue weighted by molar-refractivity contribution is 7.92. The average molecular weight is 553 g/mol. The number of carboxylic acid groups (broad SMARTS) is 1. The number of aromatic carboxylic acids is 1. The van der Waals surface area contributed by atoms with Crippen LogP contribution in [0.4, 0.5) is 5.69 Å². The minimum absolute atomic E-state index is 0.0741. The number of ether oxygens (including phenoxy) is 2. The summed E-state index contributed by atoms with van der Waals surface area (Å²) in [6, 6.07) is 8.26. The zero-order valence-electron chi connectivity index (χ0n) is 21.4. The molecule has 3 rings (SSSR count). The fourth-order valence-electron chi connectivity index (χ4n) is 3.97. The van der Waals surface area contributed by atoms with E-state index in [2.05, 4.69) is 0 Å². The summed E-state index contributed by atoms with van der Waals surface area (Å²) in [6.45, 7) is 5.40. The van der Waals surface area contributed by atoms with Gasteiger partial charge in [-0.25, -0.2) is 13.2 Å². The Morgan fingerprint density at radius 3 is 2.38 bits per heavy atom. The predicted octanol–water partition coefficient (Wildman–Crippen LogP) is 4.40. The molecule has 0 radical (unpaired) electrons. The monoisotopic (exact) mass is 552 g/mol. The molecule has 37 heavy (non-hydrogen) atoms. The van der Waals surface area contributed by atoms with E-state index in [0.29, 0.717) is 25.4 Å². The molecule has 11 heteroatoms. The largest absolute Gasteiger partial charge is 0.492 e. The van der Waals surface area contributed by atoms with E-state index < -0.39 is 16.0 Å². The van der Waals surface area contributed by atoms with E-state index in [0.717, 1.165) is 23.2 Å². The lowest BCUT2D eigenvalue weighted by Gasteiger charge is -2.28. The molecule has 2 aromatic rings. The molecule has 0 atom stereocenters. The number of rotatable bonds is 10. The highest BCUT2D eigenvalue weighted by Crippen LogP contribution is 2.34. The number of amides is 1. The molecule has 1 aliphatic heterocycles. The van der Waals surface area contributed by atoms with Gasteiger partial charge in [-0.15, -0.1) is 0 Å². The molecule has 0 bridgehead atoms. The van der Waals surface area contributed by atoms with Crippen molar-refractivity contribution < 1.29 is 32.6 Å². The molecule has 9 nitrogen and oxygen atoms in total. The fourth-order valence-corrected chi connectivity index (χ4v) is 5.97. The highest BCUT2D eigenvalue weighted by Gasteiger charge is 2.30. The van der Waals surface area contributed by atoms with Gasteiger partial charge in [0, 0.05) is 39.4 Å². The Morgan fingerprint density at radius 1 is 1.14 bits per heavy atom. The molecule has 1 fully saturated rings. The number of carboxylic acids is 1. The third kappa shape index (κ3) is 6.94. The van der Waals surface area contributed by atoms with Gasteiger partial charge in [0.2, 0.25) is 0 Å². The van der Waals surface area contributed by atoms with Crippen LogP contribution in [0.5, 0.6) is 5.75 Å². The van der Waals surface area contributed by atoms with Crippen molar-refractivity contribution in [2.75, 3.05) is 44.8 Å². The van der Waals surface area contributed by atoms with Crippen LogP contribution in [0.3, 0.4) is 0 Å². The lowest BCUT2D eigenvalue weighted by Crippen LogP contribution is -2.34. The molecule has 0 aliphatic carbocycles. The van der Waals surface area contributed by atoms with Crippen molar-refractivity contribution in [1.82, 2.24) is 4.90 Å². The van der Waals surface area contributed by atoms with Gasteiger partial charge in [0.05, 0.1) is 22.2 Å². The van der Waals surface area contributed by atoms with E-state index in [-0.39, 0.29) is 51.2 Å². The number of hydrogen-bond acceptors (Lipinski definition) is 6. The minimum atomic E-state index is -4.21. The Morgan fingerprint density at radius 2 is 1.81 bits per heavy atom. The molecule has 0 spiro atoms. The van der Waals surface area contributed by atoms with E-state index in [1.54, 1.807) is 14.1 Å². The molecule has 1 N–H and O–H groups in total. The molecule has 202 valence electrons. The number of nitrogens with zero attached hydrogens (tertiary/aromatic N) is 2. The standard InChI is InChI=1S/C26H33ClN2O7S/c1-17(2)15-29(23-7-5-19(13-22(23)27)25(30)28(3)4)37(33,34)20-6-8-24(21(14-20)26(31)32)36-16-18-9-11-35-12-10-18/h5-8,13-14,17-18H,9-12,15-16H2,1-4H3,(H,31,32). The number of anilines is 1. The van der Waals surface area contributed by atoms with Gasteiger partial charge in [-0.2, -0.15) is 0 Å². The topological polar surface area (TPSA) is 113 Å². The summed E-state index contributed by atoms with van der Waals surface area (Å²) in [4.78, 5) is 25.5. The molecule has 0 aromatic heterocycles. The molecule has 0 saturated carbocycles. The number of hydrogen-bond donors (Lipinski definition) is 1. The summed E-state index contributed by atoms with van der Waals surface area (Å²) >= 11 is 6.47. The van der Waals surface area contributed by atoms with Crippen LogP contribution < -0.4 is 9.04 Å². The second-order valence-corrected chi connectivity index (χ2v) is 11.9. The number of sulfonamides is 1. The Bertz CT molecular complexity index is 1240. The van der Waals surface area contributed by atoms with Gasteiger partial charge in [0.15, 0.2) is 0 Å². The van der Waals surface area contributed by atoms with Gasteiger partial charge in [0.1, 0.15) is 11.3 Å². The van der Waals surface area contributed by atoms with Crippen molar-refractivity contribution in [2.24, 2.45) is 11.8 Å². The van der Waals surface area contributed by atoms with Crippen LogP contribution in [-0.4, -0.2) is 70.8 Å². The lowest BCUT2D eigenvalue weighted by molar-refractivity contribution is 0.0490. The van der Waals surface area contributed by atoms with Gasteiger partial charge < -0.3 is 19.5 Å². The number of benzene rings is 2. The molecule has 1 amide bonds. The summed E-state index contributed by atoms with van der Waals surface area (Å²) in [7, 11) is -0.996. The van der Waals surface area contributed by atoms with E-state index in [1.807, 2.05) is 13.8 Å². The molecule has 1 heterocycles. The molecule has 1 saturated heterocycles. The van der Waals surface area contributed by atoms with Crippen molar-refractivity contribution in [3.63, 3.8) is 0 Å². The molecule has 1 aliphatic rings. The van der Waals surface area contributed by atoms with Crippen LogP contribution in [0, 0.1) is 11.8 Å². The molecule has 0 unspecified atom stereocenters. The van der Waals surface area contributed by atoms with Gasteiger partial charge in [-0.05, 0) is 61.1 Å². The van der Waals surface area contributed by atoms with Crippen LogP contribution in [0.2, 0.25) is 5.02 Å². The van der Waals surface area contributed by atoms with Crippen molar-refractivity contribution in [2.45, 2.75) is 31.6 Å². The molecule has 2 aromatic carbocycles. The van der Waals surface area contributed by atoms with Gasteiger partial charge in [-0.1, -0.05) is 25.4 Å². The summed E-state index contributed by atoms with van der Waals surface area (Å²) in [6.07, 6.45) is 1.64. The zero-order valence-corrected chi connectivity index (χ0v) is 23.0. The molecular formula is C26H33ClN2O7S. The van der Waals surface area contributed by atoms with Crippen molar-refractivity contribution in [3.8, 4) is 5.75 Å². The van der Waals surface area contributed by atoms with E-state index in [9.17, 15) is 23.1 Å². The van der Waals surface area contributed by atoms with E-state index >= 15 is 0 Å². The Hall–Kier alpha value is -2.82. The molecular weight excluding hydrogens is 520 g/mol. The SMILES string of the molecule is CC(C)CN(c1ccc(C(=O)N(C)C)cc1Cl)S(=O)(=O)c1ccc(OCC2CCOCC2)c(C(=O)O)c1. The van der Waals surface area contributed by atoms with E-state index in [1.165, 1.54) is 35.2 Å². The van der Waals surface area contributed by atoms with Gasteiger partial charge in [0.25, 0.3) is 15.9 Å². The van der Waals surface area contributed by atoms with Crippen LogP contribution in [0.1, 0.15) is 47.4 Å². The summed E-state index contributed by atoms with van der Waals surface area (Å²) in [5.41, 5.74) is 0.276. The maximum absolute atomic E-state index is 13.8. The van der Waals surface area contributed by atoms with Crippen LogP contribution >= 0.6 is 11.6 Å². The highest BCUT2D eigenvalue weighted by atomic mass is 35.5. The zero-order chi connectivity index (χ0) is 27.3. The van der Waals surface area contributed by atoms with Crippen LogP contribution in [0.25, 0.3) is 0 Å². The number of carbonyl (C=O) groups excluding carboxylic acids is 1. The third-order valence-electron chi connectivity index (χ3n) is 5.99. The minimum Gasteiger partial charge on any atom is -0.492 e. The first-order chi connectivity index (χ1) is 17.4. The first-order valence-corrected chi connectivity index (χ1v) is 13.9. The Labute approximate surface area is 223 Å². The Balaban J connectivity index is 1.97. The second-order valence-electron chi connectivity index (χ2n) is 9.63. The van der Waals surface area contributed by atoms with Crippen molar-refractivity contribution in [1.29, 1.82) is 0 Å². The summed E-state index contributed by atoms with van der Waals surface area (Å²) in [5, 5.41) is 9.89. The summed E-state index contributed by atoms with van der Waals surface area (Å²) in [5.74, 6) is -1.29. The second kappa shape index (κ2) is 12.1. The van der Waals surface area contributed by atoms with E-state index in [4.69, 9.17) is 21.1 Å². The van der Waals surface area contributed by atoms with Crippen LogP contribution in [0.15, 0.2) is 41.3 Å². The number of carbonyl (C=O) groups is 2. The first kappa shape index (κ1) is 28.7. The maximum atomic E-state index is 13.8. The van der Waals surface area contributed by atoms with Gasteiger partial charge in [-0.3, -0.25) is 9.10 Å². The normalized spacial score (nSPS) is 14.4. The van der Waals surface area contributed by atoms with Crippen molar-refractivity contribution in [3.05, 3.63) is 52.5 Å². The quantitative estimate of drug-likeness (QED) is 0.465. The predicted molar refractivity (Wildman–Crippen MR) is 141 cm³/mol. The smallest absolute Gasteiger partial charge is 0.339 e. The Kier molecular flexibility index (Phi) is 9.44. The maximum Gasteiger partial charge on any atom is 0.339 e. The lowest BCUT2D eigenvalue weighted by atomic mass is 10.0. The summed E-state index contributed by atoms with van der Waals surface area (Å²) < 4.78 is 39.8. The number of halogens is 1. The average Bonchev–Trinajstić information content (AvgIpc) is 2.86. The van der Waals surface area contributed by atoms with Gasteiger partial charge >= 0.3 is 5.97 Å².